The molecule has 104 valence electrons. The SMILES string of the molecule is CN1CCN(C(=O)C(C)(N)c2ccc(Br)cc2)CC1. The molecular formula is C14H20BrN3O. The Bertz CT molecular complexity index is 450. The zero-order valence-electron chi connectivity index (χ0n) is 11.4. The number of hydrogen-bond acceptors (Lipinski definition) is 3. The van der Waals surface area contributed by atoms with Crippen molar-refractivity contribution in [3.63, 3.8) is 0 Å². The predicted molar refractivity (Wildman–Crippen MR) is 79.8 cm³/mol. The van der Waals surface area contributed by atoms with Crippen molar-refractivity contribution in [1.82, 2.24) is 9.80 Å². The summed E-state index contributed by atoms with van der Waals surface area (Å²) >= 11 is 3.39. The van der Waals surface area contributed by atoms with Crippen LogP contribution in [-0.2, 0) is 10.3 Å². The monoisotopic (exact) mass is 325 g/mol. The fourth-order valence-electron chi connectivity index (χ4n) is 2.26. The molecule has 1 fully saturated rings. The number of rotatable bonds is 2. The summed E-state index contributed by atoms with van der Waals surface area (Å²) in [5, 5.41) is 0. The first kappa shape index (κ1) is 14.5. The molecule has 1 aliphatic heterocycles. The topological polar surface area (TPSA) is 49.6 Å². The lowest BCUT2D eigenvalue weighted by Crippen LogP contribution is -2.56. The molecule has 1 unspecified atom stereocenters. The number of nitrogens with zero attached hydrogens (tertiary/aromatic N) is 2. The lowest BCUT2D eigenvalue weighted by molar-refractivity contribution is -0.138. The Morgan fingerprint density at radius 1 is 1.21 bits per heavy atom. The zero-order chi connectivity index (χ0) is 14.0. The predicted octanol–water partition coefficient (Wildman–Crippen LogP) is 1.40. The van der Waals surface area contributed by atoms with Gasteiger partial charge in [0.05, 0.1) is 0 Å². The molecule has 0 saturated carbocycles. The molecular weight excluding hydrogens is 306 g/mol. The summed E-state index contributed by atoms with van der Waals surface area (Å²) in [6.45, 7) is 5.10. The highest BCUT2D eigenvalue weighted by Gasteiger charge is 2.35. The number of nitrogens with two attached hydrogens (primary N) is 1. The lowest BCUT2D eigenvalue weighted by Gasteiger charge is -2.37. The summed E-state index contributed by atoms with van der Waals surface area (Å²) in [4.78, 5) is 16.7. The molecule has 2 rings (SSSR count). The zero-order valence-corrected chi connectivity index (χ0v) is 13.0. The van der Waals surface area contributed by atoms with Gasteiger partial charge in [0.25, 0.3) is 0 Å². The molecule has 0 radical (unpaired) electrons. The van der Waals surface area contributed by atoms with Crippen molar-refractivity contribution in [2.24, 2.45) is 5.73 Å². The van der Waals surface area contributed by atoms with Gasteiger partial charge in [-0.15, -0.1) is 0 Å². The Morgan fingerprint density at radius 3 is 2.26 bits per heavy atom. The van der Waals surface area contributed by atoms with Gasteiger partial charge in [-0.05, 0) is 31.7 Å². The molecule has 19 heavy (non-hydrogen) atoms. The highest BCUT2D eigenvalue weighted by molar-refractivity contribution is 9.10. The third kappa shape index (κ3) is 3.16. The van der Waals surface area contributed by atoms with E-state index in [1.807, 2.05) is 29.2 Å². The Morgan fingerprint density at radius 2 is 1.74 bits per heavy atom. The van der Waals surface area contributed by atoms with Crippen molar-refractivity contribution in [3.8, 4) is 0 Å². The molecule has 0 aliphatic carbocycles. The molecule has 1 heterocycles. The third-order valence-corrected chi connectivity index (χ3v) is 4.21. The van der Waals surface area contributed by atoms with Gasteiger partial charge in [-0.2, -0.15) is 0 Å². The van der Waals surface area contributed by atoms with E-state index in [2.05, 4.69) is 27.9 Å². The minimum Gasteiger partial charge on any atom is -0.338 e. The molecule has 1 aromatic rings. The summed E-state index contributed by atoms with van der Waals surface area (Å²) in [5.74, 6) is 0.00271. The minimum atomic E-state index is -0.962. The van der Waals surface area contributed by atoms with Crippen LogP contribution in [-0.4, -0.2) is 48.9 Å². The first-order valence-electron chi connectivity index (χ1n) is 6.44. The molecule has 2 N–H and O–H groups in total. The van der Waals surface area contributed by atoms with Gasteiger partial charge in [0, 0.05) is 30.7 Å². The van der Waals surface area contributed by atoms with Crippen LogP contribution in [0.5, 0.6) is 0 Å². The number of benzene rings is 1. The smallest absolute Gasteiger partial charge is 0.247 e. The fourth-order valence-corrected chi connectivity index (χ4v) is 2.52. The number of carbonyl (C=O) groups excluding carboxylic acids is 1. The first-order chi connectivity index (χ1) is 8.91. The van der Waals surface area contributed by atoms with Gasteiger partial charge in [-0.25, -0.2) is 0 Å². The highest BCUT2D eigenvalue weighted by atomic mass is 79.9. The van der Waals surface area contributed by atoms with E-state index in [-0.39, 0.29) is 5.91 Å². The maximum absolute atomic E-state index is 12.6. The second-order valence-electron chi connectivity index (χ2n) is 5.30. The Balaban J connectivity index is 2.14. The Labute approximate surface area is 122 Å². The summed E-state index contributed by atoms with van der Waals surface area (Å²) in [6.07, 6.45) is 0. The van der Waals surface area contributed by atoms with Crippen molar-refractivity contribution in [2.45, 2.75) is 12.5 Å². The van der Waals surface area contributed by atoms with Gasteiger partial charge in [0.2, 0.25) is 5.91 Å². The van der Waals surface area contributed by atoms with E-state index in [0.717, 1.165) is 36.2 Å². The van der Waals surface area contributed by atoms with Gasteiger partial charge < -0.3 is 15.5 Å². The highest BCUT2D eigenvalue weighted by Crippen LogP contribution is 2.23. The molecule has 1 atom stereocenters. The van der Waals surface area contributed by atoms with Crippen molar-refractivity contribution in [1.29, 1.82) is 0 Å². The number of piperazine rings is 1. The van der Waals surface area contributed by atoms with Crippen LogP contribution in [0.1, 0.15) is 12.5 Å². The van der Waals surface area contributed by atoms with Crippen LogP contribution in [0, 0.1) is 0 Å². The minimum absolute atomic E-state index is 0.00271. The Kier molecular flexibility index (Phi) is 4.28. The van der Waals surface area contributed by atoms with Crippen molar-refractivity contribution < 1.29 is 4.79 Å². The largest absolute Gasteiger partial charge is 0.338 e. The van der Waals surface area contributed by atoms with E-state index in [0.29, 0.717) is 0 Å². The number of halogens is 1. The molecule has 0 aromatic heterocycles. The van der Waals surface area contributed by atoms with Crippen LogP contribution >= 0.6 is 15.9 Å². The first-order valence-corrected chi connectivity index (χ1v) is 7.23. The lowest BCUT2D eigenvalue weighted by atomic mass is 9.91. The van der Waals surface area contributed by atoms with Crippen molar-refractivity contribution in [3.05, 3.63) is 34.3 Å². The fraction of sp³-hybridized carbons (Fsp3) is 0.500. The second-order valence-corrected chi connectivity index (χ2v) is 6.22. The van der Waals surface area contributed by atoms with E-state index in [1.165, 1.54) is 0 Å². The van der Waals surface area contributed by atoms with E-state index < -0.39 is 5.54 Å². The van der Waals surface area contributed by atoms with Crippen molar-refractivity contribution in [2.75, 3.05) is 33.2 Å². The molecule has 1 amide bonds. The summed E-state index contributed by atoms with van der Waals surface area (Å²) < 4.78 is 0.985. The van der Waals surface area contributed by atoms with Crippen LogP contribution in [0.4, 0.5) is 0 Å². The van der Waals surface area contributed by atoms with E-state index >= 15 is 0 Å². The molecule has 4 nitrogen and oxygen atoms in total. The quantitative estimate of drug-likeness (QED) is 0.894. The molecule has 5 heteroatoms. The molecule has 0 bridgehead atoms. The molecule has 1 aromatic carbocycles. The van der Waals surface area contributed by atoms with Gasteiger partial charge in [0.15, 0.2) is 0 Å². The third-order valence-electron chi connectivity index (χ3n) is 3.68. The summed E-state index contributed by atoms with van der Waals surface area (Å²) in [7, 11) is 2.07. The van der Waals surface area contributed by atoms with Gasteiger partial charge in [-0.3, -0.25) is 4.79 Å². The second kappa shape index (κ2) is 5.61. The normalized spacial score (nSPS) is 20.1. The van der Waals surface area contributed by atoms with Crippen LogP contribution in [0.15, 0.2) is 28.7 Å². The average molecular weight is 326 g/mol. The summed E-state index contributed by atoms with van der Waals surface area (Å²) in [5.41, 5.74) is 6.16. The molecule has 1 aliphatic rings. The molecule has 1 saturated heterocycles. The number of likely N-dealkylation sites (N-methyl/N-ethyl adjacent to an activating group) is 1. The van der Waals surface area contributed by atoms with E-state index in [4.69, 9.17) is 5.73 Å². The van der Waals surface area contributed by atoms with Gasteiger partial charge in [-0.1, -0.05) is 28.1 Å². The maximum Gasteiger partial charge on any atom is 0.247 e. The van der Waals surface area contributed by atoms with Crippen LogP contribution in [0.2, 0.25) is 0 Å². The number of carbonyl (C=O) groups is 1. The van der Waals surface area contributed by atoms with Crippen LogP contribution in [0.25, 0.3) is 0 Å². The number of hydrogen-bond donors (Lipinski definition) is 1. The van der Waals surface area contributed by atoms with Gasteiger partial charge in [0.1, 0.15) is 5.54 Å². The van der Waals surface area contributed by atoms with Gasteiger partial charge >= 0.3 is 0 Å². The standard InChI is InChI=1S/C14H20BrN3O/c1-14(16,11-3-5-12(15)6-4-11)13(19)18-9-7-17(2)8-10-18/h3-6H,7-10,16H2,1-2H3. The van der Waals surface area contributed by atoms with E-state index in [1.54, 1.807) is 6.92 Å². The van der Waals surface area contributed by atoms with Crippen molar-refractivity contribution >= 4 is 21.8 Å². The summed E-state index contributed by atoms with van der Waals surface area (Å²) in [6, 6.07) is 7.63. The maximum atomic E-state index is 12.6. The van der Waals surface area contributed by atoms with Crippen LogP contribution in [0.3, 0.4) is 0 Å². The van der Waals surface area contributed by atoms with Crippen LogP contribution < -0.4 is 5.73 Å². The van der Waals surface area contributed by atoms with E-state index in [9.17, 15) is 4.79 Å². The Hall–Kier alpha value is -0.910. The average Bonchev–Trinajstić information content (AvgIpc) is 2.39. The molecule has 0 spiro atoms. The number of amides is 1.